The van der Waals surface area contributed by atoms with Gasteiger partial charge in [-0.1, -0.05) is 18.1 Å². The van der Waals surface area contributed by atoms with Gasteiger partial charge in [0.2, 0.25) is 5.03 Å². The number of hydrogen-bond acceptors (Lipinski definition) is 7. The number of piperazine rings is 1. The normalized spacial score (nSPS) is 18.7. The van der Waals surface area contributed by atoms with Crippen LogP contribution in [0.4, 0.5) is 4.39 Å². The summed E-state index contributed by atoms with van der Waals surface area (Å²) in [6.07, 6.45) is 5.34. The molecule has 2 fully saturated rings. The second-order valence-corrected chi connectivity index (χ2v) is 10.9. The zero-order valence-electron chi connectivity index (χ0n) is 20.2. The first-order valence-corrected chi connectivity index (χ1v) is 12.8. The molecule has 0 spiro atoms. The third-order valence-corrected chi connectivity index (χ3v) is 8.68. The Morgan fingerprint density at radius 2 is 1.86 bits per heavy atom. The SMILES string of the molecule is COc1cc(F)cc(C)c1C(=O)NCC1(N2CCN(S(=O)(=O)c3cn(C)nn3)CC2)CCCC1.Cl. The van der Waals surface area contributed by atoms with Crippen LogP contribution in [0.5, 0.6) is 5.75 Å². The molecule has 2 aromatic rings. The standard InChI is InChI=1S/C22H31FN6O4S.ClH/c1-16-12-17(23)13-18(33-3)20(16)21(30)24-15-22(6-4-5-7-22)28-8-10-29(11-9-28)34(31,32)19-14-27(2)26-25-19;/h12-14H,4-11,15H2,1-3H3,(H,24,30);1H. The fourth-order valence-electron chi connectivity index (χ4n) is 5.11. The first kappa shape index (κ1) is 27.3. The lowest BCUT2D eigenvalue weighted by Crippen LogP contribution is -2.60. The van der Waals surface area contributed by atoms with E-state index < -0.39 is 15.8 Å². The number of rotatable bonds is 7. The number of hydrogen-bond donors (Lipinski definition) is 1. The second-order valence-electron chi connectivity index (χ2n) is 9.04. The number of carbonyl (C=O) groups excluding carboxylic acids is 1. The van der Waals surface area contributed by atoms with Crippen molar-refractivity contribution in [3.8, 4) is 5.75 Å². The van der Waals surface area contributed by atoms with Crippen molar-refractivity contribution in [1.29, 1.82) is 0 Å². The molecule has 0 unspecified atom stereocenters. The lowest BCUT2D eigenvalue weighted by Gasteiger charge is -2.45. The van der Waals surface area contributed by atoms with Crippen LogP contribution in [0, 0.1) is 12.7 Å². The van der Waals surface area contributed by atoms with Crippen LogP contribution < -0.4 is 10.1 Å². The van der Waals surface area contributed by atoms with Crippen molar-refractivity contribution < 1.29 is 22.3 Å². The molecule has 0 bridgehead atoms. The largest absolute Gasteiger partial charge is 0.496 e. The maximum absolute atomic E-state index is 13.7. The predicted octanol–water partition coefficient (Wildman–Crippen LogP) is 1.74. The van der Waals surface area contributed by atoms with Gasteiger partial charge in [-0.25, -0.2) is 12.8 Å². The second kappa shape index (κ2) is 10.8. The quantitative estimate of drug-likeness (QED) is 0.580. The predicted molar refractivity (Wildman–Crippen MR) is 130 cm³/mol. The third kappa shape index (κ3) is 5.45. The smallest absolute Gasteiger partial charge is 0.264 e. The Balaban J connectivity index is 0.00000342. The minimum absolute atomic E-state index is 0. The molecular formula is C22H32ClFN6O4S. The molecule has 10 nitrogen and oxygen atoms in total. The molecular weight excluding hydrogens is 499 g/mol. The number of methoxy groups -OCH3 is 1. The zero-order valence-corrected chi connectivity index (χ0v) is 21.8. The van der Waals surface area contributed by atoms with E-state index in [2.05, 4.69) is 20.5 Å². The Morgan fingerprint density at radius 1 is 1.20 bits per heavy atom. The number of amides is 1. The molecule has 2 aliphatic rings. The van der Waals surface area contributed by atoms with Crippen molar-refractivity contribution in [2.24, 2.45) is 7.05 Å². The van der Waals surface area contributed by atoms with Gasteiger partial charge in [0.1, 0.15) is 11.6 Å². The number of halogens is 2. The number of benzene rings is 1. The van der Waals surface area contributed by atoms with Crippen LogP contribution in [0.2, 0.25) is 0 Å². The van der Waals surface area contributed by atoms with Gasteiger partial charge in [-0.2, -0.15) is 4.31 Å². The molecule has 194 valence electrons. The Labute approximate surface area is 211 Å². The fourth-order valence-corrected chi connectivity index (χ4v) is 6.45. The van der Waals surface area contributed by atoms with E-state index >= 15 is 0 Å². The van der Waals surface area contributed by atoms with Crippen LogP contribution in [0.3, 0.4) is 0 Å². The average Bonchev–Trinajstić information content (AvgIpc) is 3.47. The van der Waals surface area contributed by atoms with Gasteiger partial charge in [0.05, 0.1) is 18.9 Å². The summed E-state index contributed by atoms with van der Waals surface area (Å²) < 4.78 is 47.6. The van der Waals surface area contributed by atoms with E-state index in [0.29, 0.717) is 43.9 Å². The zero-order chi connectivity index (χ0) is 24.5. The molecule has 1 saturated carbocycles. The Bertz CT molecular complexity index is 1160. The van der Waals surface area contributed by atoms with Crippen molar-refractivity contribution in [2.45, 2.75) is 43.2 Å². The molecule has 35 heavy (non-hydrogen) atoms. The van der Waals surface area contributed by atoms with Crippen LogP contribution in [0.15, 0.2) is 23.4 Å². The Kier molecular flexibility index (Phi) is 8.40. The molecule has 1 saturated heterocycles. The van der Waals surface area contributed by atoms with Gasteiger partial charge in [-0.05, 0) is 31.4 Å². The molecule has 4 rings (SSSR count). The fraction of sp³-hybridized carbons (Fsp3) is 0.591. The minimum Gasteiger partial charge on any atom is -0.496 e. The van der Waals surface area contributed by atoms with Crippen molar-refractivity contribution in [2.75, 3.05) is 39.8 Å². The van der Waals surface area contributed by atoms with Crippen LogP contribution >= 0.6 is 12.4 Å². The van der Waals surface area contributed by atoms with E-state index in [4.69, 9.17) is 4.74 Å². The highest BCUT2D eigenvalue weighted by Crippen LogP contribution is 2.36. The molecule has 1 aliphatic carbocycles. The van der Waals surface area contributed by atoms with Crippen molar-refractivity contribution in [3.05, 3.63) is 35.3 Å². The van der Waals surface area contributed by atoms with Gasteiger partial charge in [0.15, 0.2) is 0 Å². The summed E-state index contributed by atoms with van der Waals surface area (Å²) >= 11 is 0. The van der Waals surface area contributed by atoms with E-state index in [1.54, 1.807) is 14.0 Å². The van der Waals surface area contributed by atoms with Gasteiger partial charge < -0.3 is 10.1 Å². The van der Waals surface area contributed by atoms with Gasteiger partial charge in [-0.3, -0.25) is 14.4 Å². The topological polar surface area (TPSA) is 110 Å². The minimum atomic E-state index is -3.69. The number of ether oxygens (including phenoxy) is 1. The Hall–Kier alpha value is -2.28. The molecule has 1 aromatic heterocycles. The lowest BCUT2D eigenvalue weighted by molar-refractivity contribution is 0.0539. The van der Waals surface area contributed by atoms with E-state index in [0.717, 1.165) is 25.7 Å². The summed E-state index contributed by atoms with van der Waals surface area (Å²) in [5.74, 6) is -0.546. The molecule has 1 aliphatic heterocycles. The monoisotopic (exact) mass is 530 g/mol. The molecule has 1 aromatic carbocycles. The molecule has 0 atom stereocenters. The van der Waals surface area contributed by atoms with Crippen LogP contribution in [-0.4, -0.2) is 83.9 Å². The highest BCUT2D eigenvalue weighted by atomic mass is 35.5. The maximum Gasteiger partial charge on any atom is 0.264 e. The summed E-state index contributed by atoms with van der Waals surface area (Å²) in [5, 5.41) is 10.5. The van der Waals surface area contributed by atoms with Gasteiger partial charge in [0.25, 0.3) is 15.9 Å². The number of sulfonamides is 1. The van der Waals surface area contributed by atoms with E-state index in [1.807, 2.05) is 0 Å². The summed E-state index contributed by atoms with van der Waals surface area (Å²) in [6.45, 7) is 3.94. The van der Waals surface area contributed by atoms with Crippen LogP contribution in [-0.2, 0) is 17.1 Å². The highest BCUT2D eigenvalue weighted by Gasteiger charge is 2.42. The van der Waals surface area contributed by atoms with Crippen molar-refractivity contribution >= 4 is 28.3 Å². The molecule has 2 heterocycles. The number of aryl methyl sites for hydroxylation is 2. The summed E-state index contributed by atoms with van der Waals surface area (Å²) in [5.41, 5.74) is 0.605. The van der Waals surface area contributed by atoms with E-state index in [-0.39, 0.29) is 34.6 Å². The number of aromatic nitrogens is 3. The third-order valence-electron chi connectivity index (χ3n) is 6.92. The number of nitrogens with one attached hydrogen (secondary N) is 1. The lowest BCUT2D eigenvalue weighted by atomic mass is 9.93. The van der Waals surface area contributed by atoms with Crippen LogP contribution in [0.25, 0.3) is 0 Å². The first-order chi connectivity index (χ1) is 16.2. The maximum atomic E-state index is 13.7. The van der Waals surface area contributed by atoms with E-state index in [1.165, 1.54) is 34.4 Å². The van der Waals surface area contributed by atoms with Gasteiger partial charge >= 0.3 is 0 Å². The summed E-state index contributed by atoms with van der Waals surface area (Å²) in [4.78, 5) is 15.3. The molecule has 0 radical (unpaired) electrons. The number of carbonyl (C=O) groups is 1. The molecule has 1 amide bonds. The average molecular weight is 531 g/mol. The molecule has 1 N–H and O–H groups in total. The van der Waals surface area contributed by atoms with Gasteiger partial charge in [-0.15, -0.1) is 17.5 Å². The van der Waals surface area contributed by atoms with Crippen molar-refractivity contribution in [3.63, 3.8) is 0 Å². The highest BCUT2D eigenvalue weighted by molar-refractivity contribution is 7.89. The number of nitrogens with zero attached hydrogens (tertiary/aromatic N) is 5. The molecule has 13 heteroatoms. The Morgan fingerprint density at radius 3 is 2.43 bits per heavy atom. The van der Waals surface area contributed by atoms with Crippen LogP contribution in [0.1, 0.15) is 41.6 Å². The van der Waals surface area contributed by atoms with E-state index in [9.17, 15) is 17.6 Å². The first-order valence-electron chi connectivity index (χ1n) is 11.4. The van der Waals surface area contributed by atoms with Crippen molar-refractivity contribution in [1.82, 2.24) is 29.5 Å². The van der Waals surface area contributed by atoms with Gasteiger partial charge in [0, 0.05) is 51.4 Å². The summed E-state index contributed by atoms with van der Waals surface area (Å²) in [6, 6.07) is 2.53. The summed E-state index contributed by atoms with van der Waals surface area (Å²) in [7, 11) is -0.643.